The highest BCUT2D eigenvalue weighted by atomic mass is 16.5. The summed E-state index contributed by atoms with van der Waals surface area (Å²) in [5.41, 5.74) is 21.1. The van der Waals surface area contributed by atoms with Crippen molar-refractivity contribution >= 4 is 33.4 Å². The first kappa shape index (κ1) is 27.3. The molecule has 0 aliphatic heterocycles. The zero-order chi connectivity index (χ0) is 31.1. The molecule has 2 aliphatic rings. The van der Waals surface area contributed by atoms with Crippen LogP contribution in [0.5, 0.6) is 23.3 Å². The average molecular weight is 595 g/mol. The zero-order valence-corrected chi connectivity index (χ0v) is 25.8. The summed E-state index contributed by atoms with van der Waals surface area (Å²) in [6.45, 7) is 9.34. The Kier molecular flexibility index (Phi) is 5.69. The van der Waals surface area contributed by atoms with Crippen molar-refractivity contribution in [2.24, 2.45) is 0 Å². The highest BCUT2D eigenvalue weighted by molar-refractivity contribution is 5.79. The van der Waals surface area contributed by atoms with Gasteiger partial charge in [-0.05, 0) is 107 Å². The van der Waals surface area contributed by atoms with Gasteiger partial charge in [-0.2, -0.15) is 0 Å². The van der Waals surface area contributed by atoms with E-state index in [-0.39, 0.29) is 16.2 Å². The van der Waals surface area contributed by atoms with Gasteiger partial charge in [0, 0.05) is 16.8 Å². The van der Waals surface area contributed by atoms with Crippen molar-refractivity contribution in [1.82, 2.24) is 19.9 Å². The zero-order valence-electron chi connectivity index (χ0n) is 25.8. The van der Waals surface area contributed by atoms with Crippen molar-refractivity contribution in [1.29, 1.82) is 0 Å². The standard InChI is InChI=1S/C37H34N6O2/c1-35(2)19-37(27-15-23(7-9-25(27)35)44-33-17-40-29-11-5-21(38)13-31(29)42-33)20-36(3,4)26-10-8-24(16-28(26)37)45-34-18-41-30-12-6-22(39)14-32(30)43-34/h5-18H,19-20,38-39H2,1-4H3. The van der Waals surface area contributed by atoms with Crippen LogP contribution < -0.4 is 20.9 Å². The fraction of sp³-hybridized carbons (Fsp3) is 0.243. The van der Waals surface area contributed by atoms with Crippen molar-refractivity contribution in [3.8, 4) is 23.3 Å². The van der Waals surface area contributed by atoms with Gasteiger partial charge >= 0.3 is 0 Å². The Morgan fingerprint density at radius 3 is 1.42 bits per heavy atom. The molecule has 0 unspecified atom stereocenters. The molecule has 8 nitrogen and oxygen atoms in total. The molecule has 4 N–H and O–H groups in total. The van der Waals surface area contributed by atoms with Gasteiger partial charge in [0.05, 0.1) is 34.5 Å². The number of hydrogen-bond acceptors (Lipinski definition) is 8. The number of hydrogen-bond donors (Lipinski definition) is 2. The highest BCUT2D eigenvalue weighted by Gasteiger charge is 2.56. The predicted molar refractivity (Wildman–Crippen MR) is 177 cm³/mol. The molecule has 4 aromatic carbocycles. The molecular formula is C37H34N6O2. The summed E-state index contributed by atoms with van der Waals surface area (Å²) in [7, 11) is 0. The first-order chi connectivity index (χ1) is 21.5. The van der Waals surface area contributed by atoms with Gasteiger partial charge in [-0.25, -0.2) is 19.9 Å². The first-order valence-electron chi connectivity index (χ1n) is 15.2. The van der Waals surface area contributed by atoms with Gasteiger partial charge in [0.2, 0.25) is 11.8 Å². The van der Waals surface area contributed by atoms with Crippen LogP contribution in [0.25, 0.3) is 22.1 Å². The third-order valence-corrected chi connectivity index (χ3v) is 9.49. The van der Waals surface area contributed by atoms with Crippen molar-refractivity contribution in [3.05, 3.63) is 107 Å². The van der Waals surface area contributed by atoms with Crippen LogP contribution in [0.2, 0.25) is 0 Å². The van der Waals surface area contributed by atoms with E-state index < -0.39 is 0 Å². The van der Waals surface area contributed by atoms with Gasteiger partial charge in [-0.15, -0.1) is 0 Å². The van der Waals surface area contributed by atoms with Crippen LogP contribution >= 0.6 is 0 Å². The lowest BCUT2D eigenvalue weighted by molar-refractivity contribution is 0.349. The maximum atomic E-state index is 6.35. The lowest BCUT2D eigenvalue weighted by Crippen LogP contribution is -2.27. The third kappa shape index (κ3) is 4.43. The topological polar surface area (TPSA) is 122 Å². The summed E-state index contributed by atoms with van der Waals surface area (Å²) < 4.78 is 12.7. The lowest BCUT2D eigenvalue weighted by atomic mass is 9.72. The van der Waals surface area contributed by atoms with Crippen molar-refractivity contribution in [2.45, 2.75) is 56.8 Å². The molecule has 0 fully saturated rings. The molecule has 0 saturated heterocycles. The van der Waals surface area contributed by atoms with Crippen LogP contribution in [-0.2, 0) is 16.2 Å². The largest absolute Gasteiger partial charge is 0.437 e. The maximum absolute atomic E-state index is 6.35. The van der Waals surface area contributed by atoms with E-state index in [2.05, 4.69) is 71.9 Å². The molecule has 0 amide bonds. The molecule has 8 heteroatoms. The van der Waals surface area contributed by atoms with Crippen molar-refractivity contribution in [3.63, 3.8) is 0 Å². The Morgan fingerprint density at radius 1 is 0.533 bits per heavy atom. The molecule has 1 spiro atoms. The molecule has 0 saturated carbocycles. The molecule has 45 heavy (non-hydrogen) atoms. The molecule has 6 aromatic rings. The number of rotatable bonds is 4. The number of aromatic nitrogens is 4. The van der Waals surface area contributed by atoms with Crippen LogP contribution in [0.1, 0.15) is 62.8 Å². The minimum Gasteiger partial charge on any atom is -0.437 e. The Labute approximate surface area is 261 Å². The van der Waals surface area contributed by atoms with Gasteiger partial charge in [-0.1, -0.05) is 39.8 Å². The molecule has 0 bridgehead atoms. The molecule has 2 heterocycles. The SMILES string of the molecule is CC1(C)CC2(CC(C)(C)c3ccc(Oc4cnc5ccc(N)cc5n4)cc32)c2cc(Oc3cnc4ccc(N)cc4n3)ccc21. The normalized spacial score (nSPS) is 17.0. The van der Waals surface area contributed by atoms with E-state index in [1.165, 1.54) is 22.3 Å². The van der Waals surface area contributed by atoms with E-state index in [0.717, 1.165) is 35.4 Å². The molecular weight excluding hydrogens is 560 g/mol. The minimum absolute atomic E-state index is 0.0353. The van der Waals surface area contributed by atoms with Gasteiger partial charge < -0.3 is 20.9 Å². The Morgan fingerprint density at radius 2 is 0.978 bits per heavy atom. The van der Waals surface area contributed by atoms with E-state index >= 15 is 0 Å². The highest BCUT2D eigenvalue weighted by Crippen LogP contribution is 2.63. The van der Waals surface area contributed by atoms with Gasteiger partial charge in [0.1, 0.15) is 11.5 Å². The van der Waals surface area contributed by atoms with Crippen LogP contribution in [0, 0.1) is 0 Å². The number of ether oxygens (including phenoxy) is 2. The van der Waals surface area contributed by atoms with Gasteiger partial charge in [-0.3, -0.25) is 0 Å². The quantitative estimate of drug-likeness (QED) is 0.197. The second kappa shape index (κ2) is 9.38. The summed E-state index contributed by atoms with van der Waals surface area (Å²) in [5.74, 6) is 2.32. The number of nitrogens with zero attached hydrogens (tertiary/aromatic N) is 4. The fourth-order valence-corrected chi connectivity index (χ4v) is 7.80. The third-order valence-electron chi connectivity index (χ3n) is 9.49. The Bertz CT molecular complexity index is 2020. The maximum Gasteiger partial charge on any atom is 0.238 e. The summed E-state index contributed by atoms with van der Waals surface area (Å²) >= 11 is 0. The minimum atomic E-state index is -0.219. The second-order valence-corrected chi connectivity index (χ2v) is 13.7. The summed E-state index contributed by atoms with van der Waals surface area (Å²) in [6, 6.07) is 23.9. The molecule has 0 radical (unpaired) electrons. The Balaban J connectivity index is 1.20. The molecule has 224 valence electrons. The summed E-state index contributed by atoms with van der Waals surface area (Å²) in [4.78, 5) is 18.4. The van der Waals surface area contributed by atoms with Gasteiger partial charge in [0.25, 0.3) is 0 Å². The molecule has 2 aromatic heterocycles. The first-order valence-corrected chi connectivity index (χ1v) is 15.2. The summed E-state index contributed by atoms with van der Waals surface area (Å²) in [5, 5.41) is 0. The van der Waals surface area contributed by atoms with Gasteiger partial charge in [0.15, 0.2) is 0 Å². The van der Waals surface area contributed by atoms with E-state index in [4.69, 9.17) is 20.9 Å². The average Bonchev–Trinajstić information content (AvgIpc) is 3.35. The van der Waals surface area contributed by atoms with Crippen molar-refractivity contribution < 1.29 is 9.47 Å². The molecule has 2 aliphatic carbocycles. The van der Waals surface area contributed by atoms with E-state index in [0.29, 0.717) is 34.2 Å². The number of fused-ring (bicyclic) bond motifs is 6. The smallest absolute Gasteiger partial charge is 0.238 e. The van der Waals surface area contributed by atoms with E-state index in [9.17, 15) is 0 Å². The van der Waals surface area contributed by atoms with Crippen LogP contribution in [-0.4, -0.2) is 19.9 Å². The van der Waals surface area contributed by atoms with E-state index in [1.807, 2.05) is 48.5 Å². The molecule has 0 atom stereocenters. The predicted octanol–water partition coefficient (Wildman–Crippen LogP) is 7.97. The monoisotopic (exact) mass is 594 g/mol. The number of nitrogens with two attached hydrogens (primary N) is 2. The van der Waals surface area contributed by atoms with E-state index in [1.54, 1.807) is 12.4 Å². The number of nitrogen functional groups attached to an aromatic ring is 2. The number of anilines is 2. The van der Waals surface area contributed by atoms with Crippen molar-refractivity contribution in [2.75, 3.05) is 11.5 Å². The summed E-state index contributed by atoms with van der Waals surface area (Å²) in [6.07, 6.45) is 5.27. The Hall–Kier alpha value is -5.24. The van der Waals surface area contributed by atoms with Crippen LogP contribution in [0.4, 0.5) is 11.4 Å². The fourth-order valence-electron chi connectivity index (χ4n) is 7.80. The van der Waals surface area contributed by atoms with Crippen LogP contribution in [0.3, 0.4) is 0 Å². The lowest BCUT2D eigenvalue weighted by Gasteiger charge is -2.30. The molecule has 8 rings (SSSR count). The number of benzene rings is 4. The second-order valence-electron chi connectivity index (χ2n) is 13.7. The van der Waals surface area contributed by atoms with Crippen LogP contribution in [0.15, 0.2) is 85.2 Å².